The number of hydrogen-bond acceptors (Lipinski definition) is 6. The lowest BCUT2D eigenvalue weighted by molar-refractivity contribution is -0.148. The van der Waals surface area contributed by atoms with Crippen LogP contribution in [0.1, 0.15) is 137 Å². The molecule has 222 valence electrons. The highest BCUT2D eigenvalue weighted by molar-refractivity contribution is 7.92. The molecule has 0 radical (unpaired) electrons. The number of sulfone groups is 1. The third-order valence-corrected chi connectivity index (χ3v) is 10.6. The summed E-state index contributed by atoms with van der Waals surface area (Å²) in [7, 11) is -8.21. The highest BCUT2D eigenvalue weighted by Gasteiger charge is 2.43. The summed E-state index contributed by atoms with van der Waals surface area (Å²) in [5, 5.41) is 8.60. The van der Waals surface area contributed by atoms with Gasteiger partial charge in [0.25, 0.3) is 5.85 Å². The largest absolute Gasteiger partial charge is 0.479 e. The van der Waals surface area contributed by atoms with Gasteiger partial charge in [-0.2, -0.15) is 0 Å². The second kappa shape index (κ2) is 21.4. The van der Waals surface area contributed by atoms with E-state index in [9.17, 15) is 27.8 Å². The van der Waals surface area contributed by atoms with Gasteiger partial charge in [0.05, 0.1) is 23.7 Å². The molecule has 2 N–H and O–H groups in total. The average molecular weight is 571 g/mol. The Balaban J connectivity index is 5.07. The topological polar surface area (TPSA) is 127 Å². The number of carboxylic acids is 1. The zero-order chi connectivity index (χ0) is 28.2. The molecule has 0 aromatic heterocycles. The molecule has 0 fully saturated rings. The lowest BCUT2D eigenvalue weighted by atomic mass is 10.1. The van der Waals surface area contributed by atoms with E-state index in [1.54, 1.807) is 6.92 Å². The normalized spacial score (nSPS) is 16.2. The van der Waals surface area contributed by atoms with E-state index in [4.69, 9.17) is 9.26 Å². The summed E-state index contributed by atoms with van der Waals surface area (Å²) in [6.07, 6.45) is 15.4. The molecule has 0 aromatic rings. The fourth-order valence-electron chi connectivity index (χ4n) is 4.45. The molecule has 0 saturated carbocycles. The average Bonchev–Trinajstić information content (AvgIpc) is 2.84. The first-order chi connectivity index (χ1) is 17.5. The Morgan fingerprint density at radius 3 is 1.70 bits per heavy atom. The number of hydrogen-bond donors (Lipinski definition) is 2. The minimum atomic E-state index is -4.62. The van der Waals surface area contributed by atoms with Gasteiger partial charge in [-0.15, -0.1) is 0 Å². The van der Waals surface area contributed by atoms with Crippen LogP contribution in [-0.2, 0) is 28.5 Å². The third-order valence-electron chi connectivity index (χ3n) is 6.69. The van der Waals surface area contributed by atoms with Crippen LogP contribution in [0, 0.1) is 0 Å². The number of carboxylic acid groups (broad SMARTS) is 1. The minimum Gasteiger partial charge on any atom is -0.479 e. The van der Waals surface area contributed by atoms with Gasteiger partial charge in [0, 0.05) is 0 Å². The maximum atomic E-state index is 13.3. The van der Waals surface area contributed by atoms with Crippen molar-refractivity contribution in [2.24, 2.45) is 0 Å². The van der Waals surface area contributed by atoms with Crippen LogP contribution < -0.4 is 0 Å². The summed E-state index contributed by atoms with van der Waals surface area (Å²) in [5.41, 5.74) is 0. The van der Waals surface area contributed by atoms with Crippen molar-refractivity contribution in [2.75, 3.05) is 12.4 Å². The molecule has 0 heterocycles. The minimum absolute atomic E-state index is 0.0116. The van der Waals surface area contributed by atoms with Crippen molar-refractivity contribution in [3.05, 3.63) is 0 Å². The van der Waals surface area contributed by atoms with Crippen LogP contribution in [-0.4, -0.2) is 53.9 Å². The summed E-state index contributed by atoms with van der Waals surface area (Å²) in [5.74, 6) is -3.75. The predicted molar refractivity (Wildman–Crippen MR) is 151 cm³/mol. The van der Waals surface area contributed by atoms with Crippen LogP contribution >= 0.6 is 7.60 Å². The summed E-state index contributed by atoms with van der Waals surface area (Å²) in [4.78, 5) is 21.9. The van der Waals surface area contributed by atoms with Crippen LogP contribution in [0.2, 0.25) is 0 Å². The van der Waals surface area contributed by atoms with Crippen LogP contribution in [0.15, 0.2) is 0 Å². The van der Waals surface area contributed by atoms with E-state index < -0.39 is 40.6 Å². The highest BCUT2D eigenvalue weighted by Crippen LogP contribution is 2.49. The molecule has 10 heteroatoms. The van der Waals surface area contributed by atoms with Crippen molar-refractivity contribution in [3.63, 3.8) is 0 Å². The van der Waals surface area contributed by atoms with E-state index in [0.29, 0.717) is 25.7 Å². The number of ether oxygens (including phenoxy) is 1. The highest BCUT2D eigenvalue weighted by atomic mass is 32.2. The maximum Gasteiger partial charge on any atom is 0.368 e. The zero-order valence-corrected chi connectivity index (χ0v) is 25.6. The van der Waals surface area contributed by atoms with E-state index in [1.807, 2.05) is 0 Å². The molecule has 0 saturated heterocycles. The lowest BCUT2D eigenvalue weighted by Gasteiger charge is -2.28. The van der Waals surface area contributed by atoms with Crippen LogP contribution in [0.5, 0.6) is 0 Å². The molecule has 0 bridgehead atoms. The van der Waals surface area contributed by atoms with E-state index in [1.165, 1.54) is 45.4 Å². The van der Waals surface area contributed by atoms with Gasteiger partial charge in [-0.3, -0.25) is 4.57 Å². The first kappa shape index (κ1) is 36.5. The summed E-state index contributed by atoms with van der Waals surface area (Å²) < 4.78 is 49.5. The molecule has 0 aliphatic carbocycles. The van der Waals surface area contributed by atoms with Gasteiger partial charge in [0.2, 0.25) is 0 Å². The first-order valence-corrected chi connectivity index (χ1v) is 18.0. The van der Waals surface area contributed by atoms with Gasteiger partial charge in [-0.05, 0) is 26.2 Å². The summed E-state index contributed by atoms with van der Waals surface area (Å²) >= 11 is 0. The number of rotatable bonds is 26. The molecule has 0 aliphatic heterocycles. The summed E-state index contributed by atoms with van der Waals surface area (Å²) in [6.45, 7) is 7.44. The van der Waals surface area contributed by atoms with E-state index in [0.717, 1.165) is 44.9 Å². The Kier molecular flexibility index (Phi) is 21.1. The number of carbonyl (C=O) groups is 1. The van der Waals surface area contributed by atoms with Gasteiger partial charge in [0.15, 0.2) is 9.84 Å². The Labute approximate surface area is 226 Å². The maximum absolute atomic E-state index is 13.3. The van der Waals surface area contributed by atoms with Crippen LogP contribution in [0.25, 0.3) is 0 Å². The molecular weight excluding hydrogens is 515 g/mol. The molecule has 0 rings (SSSR count). The molecule has 0 amide bonds. The molecule has 0 spiro atoms. The molecule has 4 unspecified atom stereocenters. The third kappa shape index (κ3) is 17.0. The second-order valence-electron chi connectivity index (χ2n) is 10.2. The molecule has 8 nitrogen and oxygen atoms in total. The zero-order valence-electron chi connectivity index (χ0n) is 23.9. The Hall–Kier alpha value is -0.470. The Bertz CT molecular complexity index is 728. The van der Waals surface area contributed by atoms with E-state index in [2.05, 4.69) is 13.8 Å². The van der Waals surface area contributed by atoms with Crippen LogP contribution in [0.3, 0.4) is 0 Å². The van der Waals surface area contributed by atoms with Crippen molar-refractivity contribution >= 4 is 23.4 Å². The fraction of sp³-hybridized carbons (Fsp3) is 0.963. The first-order valence-electron chi connectivity index (χ1n) is 14.6. The van der Waals surface area contributed by atoms with Crippen molar-refractivity contribution in [3.8, 4) is 0 Å². The number of aliphatic carboxylic acids is 1. The SMILES string of the molecule is CCCCCCCCCCCCS(=O)(=O)C(CCCCCCC)C(C)OC(C(=O)O)P(=O)(O)OCCC. The monoisotopic (exact) mass is 570 g/mol. The fourth-order valence-corrected chi connectivity index (χ4v) is 7.74. The molecule has 0 aliphatic rings. The van der Waals surface area contributed by atoms with Gasteiger partial charge >= 0.3 is 13.6 Å². The predicted octanol–water partition coefficient (Wildman–Crippen LogP) is 7.48. The molecule has 0 aromatic carbocycles. The smallest absolute Gasteiger partial charge is 0.368 e. The van der Waals surface area contributed by atoms with Gasteiger partial charge in [0.1, 0.15) is 0 Å². The van der Waals surface area contributed by atoms with E-state index >= 15 is 0 Å². The second-order valence-corrected chi connectivity index (χ2v) is 14.4. The Morgan fingerprint density at radius 2 is 1.24 bits per heavy atom. The molecule has 37 heavy (non-hydrogen) atoms. The van der Waals surface area contributed by atoms with Gasteiger partial charge in [-0.25, -0.2) is 13.2 Å². The standard InChI is InChI=1S/C27H55O8PS/c1-5-8-10-12-13-14-15-16-18-20-23-37(32,33)25(21-19-17-11-9-6-2)24(4)35-27(26(28)29)36(30,31)34-22-7-3/h24-25,27H,5-23H2,1-4H3,(H,28,29)(H,30,31). The van der Waals surface area contributed by atoms with Gasteiger partial charge in [-0.1, -0.05) is 111 Å². The number of unbranched alkanes of at least 4 members (excludes halogenated alkanes) is 13. The van der Waals surface area contributed by atoms with E-state index in [-0.39, 0.29) is 12.4 Å². The Morgan fingerprint density at radius 1 is 0.784 bits per heavy atom. The van der Waals surface area contributed by atoms with Gasteiger partial charge < -0.3 is 19.3 Å². The molecule has 4 atom stereocenters. The van der Waals surface area contributed by atoms with Crippen molar-refractivity contribution in [1.82, 2.24) is 0 Å². The van der Waals surface area contributed by atoms with Crippen molar-refractivity contribution in [1.29, 1.82) is 0 Å². The van der Waals surface area contributed by atoms with Crippen LogP contribution in [0.4, 0.5) is 0 Å². The van der Waals surface area contributed by atoms with Crippen molar-refractivity contribution in [2.45, 2.75) is 154 Å². The lowest BCUT2D eigenvalue weighted by Crippen LogP contribution is -2.40. The van der Waals surface area contributed by atoms with Crippen molar-refractivity contribution < 1.29 is 37.0 Å². The molecular formula is C27H55O8PS. The quantitative estimate of drug-likeness (QED) is 0.0809. The summed E-state index contributed by atoms with van der Waals surface area (Å²) in [6, 6.07) is 0.